The lowest BCUT2D eigenvalue weighted by molar-refractivity contribution is 0.940. The van der Waals surface area contributed by atoms with E-state index in [9.17, 15) is 0 Å². The number of H-pyrrole nitrogens is 1. The fourth-order valence-corrected chi connectivity index (χ4v) is 2.14. The zero-order valence-corrected chi connectivity index (χ0v) is 8.90. The summed E-state index contributed by atoms with van der Waals surface area (Å²) in [5.41, 5.74) is 6.49. The Morgan fingerprint density at radius 3 is 2.79 bits per heavy atom. The molecule has 0 unspecified atom stereocenters. The van der Waals surface area contributed by atoms with Gasteiger partial charge in [0.1, 0.15) is 0 Å². The summed E-state index contributed by atoms with van der Waals surface area (Å²) in [6.07, 6.45) is 5.33. The number of aromatic amines is 1. The molecule has 74 valence electrons. The Labute approximate surface area is 90.2 Å². The Morgan fingerprint density at radius 1 is 1.36 bits per heavy atom. The molecule has 3 N–H and O–H groups in total. The monoisotopic (exact) mass is 228 g/mol. The largest absolute Gasteiger partial charge is 0.369 e. The highest BCUT2D eigenvalue weighted by molar-refractivity contribution is 7.15. The highest BCUT2D eigenvalue weighted by Gasteiger charge is 2.01. The first-order chi connectivity index (χ1) is 6.74. The Kier molecular flexibility index (Phi) is 2.69. The van der Waals surface area contributed by atoms with Gasteiger partial charge in [0.15, 0.2) is 10.4 Å². The van der Waals surface area contributed by atoms with Crippen LogP contribution < -0.4 is 5.73 Å². The molecule has 2 aromatic rings. The molecule has 0 aromatic carbocycles. The van der Waals surface area contributed by atoms with Gasteiger partial charge in [-0.15, -0.1) is 11.3 Å². The van der Waals surface area contributed by atoms with Crippen molar-refractivity contribution in [1.29, 1.82) is 0 Å². The van der Waals surface area contributed by atoms with Crippen LogP contribution in [0.2, 0.25) is 4.47 Å². The van der Waals surface area contributed by atoms with Crippen molar-refractivity contribution in [3.8, 4) is 0 Å². The van der Waals surface area contributed by atoms with Crippen LogP contribution in [-0.2, 0) is 12.8 Å². The molecule has 0 aliphatic heterocycles. The number of rotatable bonds is 3. The Morgan fingerprint density at radius 2 is 2.21 bits per heavy atom. The second kappa shape index (κ2) is 3.98. The molecule has 2 heterocycles. The highest BCUT2D eigenvalue weighted by atomic mass is 35.5. The maximum absolute atomic E-state index is 5.71. The average molecular weight is 229 g/mol. The minimum atomic E-state index is 0.460. The first-order valence-electron chi connectivity index (χ1n) is 4.13. The average Bonchev–Trinajstić information content (AvgIpc) is 2.72. The van der Waals surface area contributed by atoms with Gasteiger partial charge in [0, 0.05) is 16.8 Å². The van der Waals surface area contributed by atoms with Crippen LogP contribution in [0.1, 0.15) is 10.6 Å². The van der Waals surface area contributed by atoms with E-state index in [1.807, 2.05) is 0 Å². The summed E-state index contributed by atoms with van der Waals surface area (Å²) in [6, 6.07) is 0. The predicted molar refractivity (Wildman–Crippen MR) is 57.5 cm³/mol. The van der Waals surface area contributed by atoms with Crippen molar-refractivity contribution in [2.24, 2.45) is 0 Å². The molecule has 0 radical (unpaired) electrons. The first-order valence-corrected chi connectivity index (χ1v) is 5.33. The summed E-state index contributed by atoms with van der Waals surface area (Å²) in [5.74, 6) is 0.460. The minimum absolute atomic E-state index is 0.460. The van der Waals surface area contributed by atoms with Crippen LogP contribution in [0, 0.1) is 0 Å². The van der Waals surface area contributed by atoms with Crippen molar-refractivity contribution in [3.05, 3.63) is 27.4 Å². The number of anilines is 1. The topological polar surface area (TPSA) is 67.6 Å². The zero-order valence-electron chi connectivity index (χ0n) is 7.33. The molecule has 2 aromatic heterocycles. The fraction of sp³-hybridized carbons (Fsp3) is 0.250. The molecule has 0 spiro atoms. The third-order valence-electron chi connectivity index (χ3n) is 1.81. The molecule has 0 amide bonds. The molecule has 0 saturated heterocycles. The molecular formula is C8H9ClN4S. The van der Waals surface area contributed by atoms with Crippen molar-refractivity contribution in [2.45, 2.75) is 12.8 Å². The van der Waals surface area contributed by atoms with Gasteiger partial charge in [-0.2, -0.15) is 0 Å². The van der Waals surface area contributed by atoms with Crippen molar-refractivity contribution >= 4 is 28.9 Å². The molecule has 0 aliphatic rings. The van der Waals surface area contributed by atoms with E-state index < -0.39 is 0 Å². The highest BCUT2D eigenvalue weighted by Crippen LogP contribution is 2.19. The molecule has 0 fully saturated rings. The van der Waals surface area contributed by atoms with E-state index in [-0.39, 0.29) is 0 Å². The second-order valence-corrected chi connectivity index (χ2v) is 4.57. The van der Waals surface area contributed by atoms with Crippen LogP contribution in [0.4, 0.5) is 5.95 Å². The van der Waals surface area contributed by atoms with E-state index in [1.54, 1.807) is 12.4 Å². The quantitative estimate of drug-likeness (QED) is 0.843. The van der Waals surface area contributed by atoms with Gasteiger partial charge >= 0.3 is 0 Å². The lowest BCUT2D eigenvalue weighted by Crippen LogP contribution is -1.90. The van der Waals surface area contributed by atoms with Crippen molar-refractivity contribution in [1.82, 2.24) is 15.0 Å². The number of halogens is 1. The summed E-state index contributed by atoms with van der Waals surface area (Å²) in [6.45, 7) is 0. The summed E-state index contributed by atoms with van der Waals surface area (Å²) >= 11 is 7.22. The maximum atomic E-state index is 5.71. The van der Waals surface area contributed by atoms with E-state index in [1.165, 1.54) is 16.2 Å². The molecule has 0 atom stereocenters. The van der Waals surface area contributed by atoms with Crippen molar-refractivity contribution in [2.75, 3.05) is 5.73 Å². The number of nitrogens with zero attached hydrogens (tertiary/aromatic N) is 2. The van der Waals surface area contributed by atoms with Crippen LogP contribution >= 0.6 is 22.9 Å². The molecule has 6 heteroatoms. The molecule has 2 rings (SSSR count). The lowest BCUT2D eigenvalue weighted by Gasteiger charge is -1.93. The predicted octanol–water partition coefficient (Wildman–Crippen LogP) is 1.89. The van der Waals surface area contributed by atoms with E-state index in [4.69, 9.17) is 17.3 Å². The molecular weight excluding hydrogens is 220 g/mol. The van der Waals surface area contributed by atoms with Gasteiger partial charge in [-0.1, -0.05) is 11.6 Å². The van der Waals surface area contributed by atoms with Gasteiger partial charge in [0.05, 0.1) is 6.20 Å². The van der Waals surface area contributed by atoms with E-state index in [0.29, 0.717) is 10.4 Å². The van der Waals surface area contributed by atoms with Crippen LogP contribution in [0.3, 0.4) is 0 Å². The van der Waals surface area contributed by atoms with Gasteiger partial charge in [0.2, 0.25) is 0 Å². The van der Waals surface area contributed by atoms with E-state index in [0.717, 1.165) is 18.5 Å². The van der Waals surface area contributed by atoms with Crippen LogP contribution in [0.25, 0.3) is 0 Å². The van der Waals surface area contributed by atoms with Crippen LogP contribution in [0.15, 0.2) is 12.4 Å². The van der Waals surface area contributed by atoms with E-state index >= 15 is 0 Å². The number of nitrogens with two attached hydrogens (primary N) is 1. The third-order valence-corrected chi connectivity index (χ3v) is 2.99. The number of aryl methyl sites for hydroxylation is 2. The summed E-state index contributed by atoms with van der Waals surface area (Å²) in [5, 5.41) is 0. The number of hydrogen-bond acceptors (Lipinski definition) is 4. The summed E-state index contributed by atoms with van der Waals surface area (Å²) < 4.78 is 0.587. The Balaban J connectivity index is 1.94. The number of nitrogens with one attached hydrogen (secondary N) is 1. The summed E-state index contributed by atoms with van der Waals surface area (Å²) in [4.78, 5) is 12.0. The summed E-state index contributed by atoms with van der Waals surface area (Å²) in [7, 11) is 0. The van der Waals surface area contributed by atoms with Gasteiger partial charge in [-0.05, 0) is 12.8 Å². The number of nitrogen functional groups attached to an aromatic ring is 1. The Bertz CT molecular complexity index is 382. The number of thiazole rings is 1. The molecule has 14 heavy (non-hydrogen) atoms. The van der Waals surface area contributed by atoms with Gasteiger partial charge in [0.25, 0.3) is 0 Å². The van der Waals surface area contributed by atoms with Gasteiger partial charge in [-0.3, -0.25) is 0 Å². The maximum Gasteiger partial charge on any atom is 0.197 e. The second-order valence-electron chi connectivity index (χ2n) is 2.87. The lowest BCUT2D eigenvalue weighted by atomic mass is 10.2. The SMILES string of the molecule is Nc1ncc(CCc2cnc(Cl)s2)[nH]1. The first kappa shape index (κ1) is 9.48. The Hall–Kier alpha value is -1.07. The van der Waals surface area contributed by atoms with Crippen molar-refractivity contribution in [3.63, 3.8) is 0 Å². The number of aromatic nitrogens is 3. The van der Waals surface area contributed by atoms with Gasteiger partial charge in [-0.25, -0.2) is 9.97 Å². The molecule has 0 saturated carbocycles. The third kappa shape index (κ3) is 2.24. The molecule has 0 aliphatic carbocycles. The minimum Gasteiger partial charge on any atom is -0.369 e. The number of hydrogen-bond donors (Lipinski definition) is 2. The van der Waals surface area contributed by atoms with Crippen LogP contribution in [0.5, 0.6) is 0 Å². The normalized spacial score (nSPS) is 10.6. The van der Waals surface area contributed by atoms with Crippen molar-refractivity contribution < 1.29 is 0 Å². The van der Waals surface area contributed by atoms with Gasteiger partial charge < -0.3 is 10.7 Å². The van der Waals surface area contributed by atoms with Crippen LogP contribution in [-0.4, -0.2) is 15.0 Å². The molecule has 4 nitrogen and oxygen atoms in total. The number of imidazole rings is 1. The fourth-order valence-electron chi connectivity index (χ4n) is 1.16. The molecule has 0 bridgehead atoms. The standard InChI is InChI=1S/C8H9ClN4S/c9-7-11-4-6(14-7)2-1-5-3-12-8(10)13-5/h3-4H,1-2H2,(H3,10,12,13). The zero-order chi connectivity index (χ0) is 9.97. The van der Waals surface area contributed by atoms with E-state index in [2.05, 4.69) is 15.0 Å². The smallest absolute Gasteiger partial charge is 0.197 e.